The van der Waals surface area contributed by atoms with Crippen molar-refractivity contribution in [1.82, 2.24) is 9.80 Å². The molecule has 0 unspecified atom stereocenters. The van der Waals surface area contributed by atoms with E-state index in [1.54, 1.807) is 24.0 Å². The summed E-state index contributed by atoms with van der Waals surface area (Å²) in [5, 5.41) is 10.9. The van der Waals surface area contributed by atoms with Crippen molar-refractivity contribution in [3.05, 3.63) is 39.4 Å². The minimum Gasteiger partial charge on any atom is -0.312 e. The molecule has 1 aromatic rings. The highest BCUT2D eigenvalue weighted by Crippen LogP contribution is 2.31. The number of urea groups is 1. The maximum Gasteiger partial charge on any atom is 0.327 e. The van der Waals surface area contributed by atoms with Crippen molar-refractivity contribution < 1.29 is 14.5 Å². The van der Waals surface area contributed by atoms with E-state index in [1.165, 1.54) is 11.0 Å². The molecule has 1 aliphatic heterocycles. The van der Waals surface area contributed by atoms with E-state index in [4.69, 9.17) is 0 Å². The van der Waals surface area contributed by atoms with E-state index in [-0.39, 0.29) is 36.8 Å². The Balaban J connectivity index is 1.83. The van der Waals surface area contributed by atoms with Crippen LogP contribution in [0.4, 0.5) is 10.5 Å². The molecule has 1 aromatic carbocycles. The summed E-state index contributed by atoms with van der Waals surface area (Å²) < 4.78 is 0. The van der Waals surface area contributed by atoms with E-state index >= 15 is 0 Å². The van der Waals surface area contributed by atoms with E-state index in [2.05, 4.69) is 0 Å². The van der Waals surface area contributed by atoms with E-state index < -0.39 is 4.92 Å². The van der Waals surface area contributed by atoms with Crippen LogP contribution in [0.1, 0.15) is 24.0 Å². The van der Waals surface area contributed by atoms with Crippen LogP contribution in [-0.2, 0) is 11.3 Å². The fraction of sp³-hybridized carbons (Fsp3) is 0.429. The number of nitro groups is 1. The summed E-state index contributed by atoms with van der Waals surface area (Å²) in [5.74, 6) is -0.238. The zero-order valence-electron chi connectivity index (χ0n) is 11.6. The van der Waals surface area contributed by atoms with Gasteiger partial charge in [-0.25, -0.2) is 4.79 Å². The number of nitrogens with zero attached hydrogens (tertiary/aromatic N) is 3. The Bertz CT molecular complexity index is 639. The highest BCUT2D eigenvalue weighted by atomic mass is 16.6. The van der Waals surface area contributed by atoms with Crippen molar-refractivity contribution in [2.24, 2.45) is 0 Å². The standard InChI is InChI=1S/C14H15N3O4/c1-9-10(3-2-4-12(9)17(20)21)7-16-13(18)8-15(14(16)19)11-5-6-11/h2-4,11H,5-8H2,1H3. The number of carbonyl (C=O) groups is 2. The lowest BCUT2D eigenvalue weighted by Gasteiger charge is -2.17. The van der Waals surface area contributed by atoms with Crippen molar-refractivity contribution in [2.45, 2.75) is 32.4 Å². The maximum atomic E-state index is 12.2. The minimum atomic E-state index is -0.455. The minimum absolute atomic E-state index is 0.00523. The van der Waals surface area contributed by atoms with Gasteiger partial charge in [0.05, 0.1) is 11.5 Å². The Morgan fingerprint density at radius 1 is 1.33 bits per heavy atom. The first-order chi connectivity index (χ1) is 9.99. The monoisotopic (exact) mass is 289 g/mol. The highest BCUT2D eigenvalue weighted by Gasteiger charge is 2.43. The third kappa shape index (κ3) is 2.35. The Kier molecular flexibility index (Phi) is 3.12. The molecule has 1 saturated heterocycles. The Morgan fingerprint density at radius 3 is 2.67 bits per heavy atom. The van der Waals surface area contributed by atoms with E-state index in [1.807, 2.05) is 0 Å². The number of rotatable bonds is 4. The SMILES string of the molecule is Cc1c(CN2C(=O)CN(C3CC3)C2=O)cccc1[N+](=O)[O-]. The highest BCUT2D eigenvalue weighted by molar-refractivity contribution is 6.02. The van der Waals surface area contributed by atoms with Gasteiger partial charge in [-0.15, -0.1) is 0 Å². The number of nitro benzene ring substituents is 1. The lowest BCUT2D eigenvalue weighted by atomic mass is 10.1. The molecule has 0 atom stereocenters. The molecule has 1 heterocycles. The molecule has 7 heteroatoms. The second-order valence-electron chi connectivity index (χ2n) is 5.44. The Labute approximate surface area is 121 Å². The van der Waals surface area contributed by atoms with Crippen LogP contribution < -0.4 is 0 Å². The van der Waals surface area contributed by atoms with Crippen LogP contribution in [0.5, 0.6) is 0 Å². The number of benzene rings is 1. The van der Waals surface area contributed by atoms with Crippen LogP contribution in [0.15, 0.2) is 18.2 Å². The summed E-state index contributed by atoms with van der Waals surface area (Å²) in [6.45, 7) is 1.85. The number of carbonyl (C=O) groups excluding carboxylic acids is 2. The first-order valence-corrected chi connectivity index (χ1v) is 6.83. The van der Waals surface area contributed by atoms with Crippen LogP contribution in [0.25, 0.3) is 0 Å². The predicted molar refractivity (Wildman–Crippen MR) is 73.5 cm³/mol. The summed E-state index contributed by atoms with van der Waals surface area (Å²) in [6, 6.07) is 4.61. The van der Waals surface area contributed by atoms with E-state index in [0.29, 0.717) is 11.1 Å². The van der Waals surface area contributed by atoms with Gasteiger partial charge in [-0.05, 0) is 25.3 Å². The van der Waals surface area contributed by atoms with Crippen LogP contribution in [0, 0.1) is 17.0 Å². The van der Waals surface area contributed by atoms with Crippen LogP contribution >= 0.6 is 0 Å². The second-order valence-corrected chi connectivity index (χ2v) is 5.44. The molecule has 0 bridgehead atoms. The number of imide groups is 1. The first-order valence-electron chi connectivity index (χ1n) is 6.83. The van der Waals surface area contributed by atoms with Gasteiger partial charge in [0.25, 0.3) is 11.6 Å². The van der Waals surface area contributed by atoms with Crippen molar-refractivity contribution in [3.63, 3.8) is 0 Å². The van der Waals surface area contributed by atoms with Gasteiger partial charge >= 0.3 is 6.03 Å². The van der Waals surface area contributed by atoms with Crippen molar-refractivity contribution >= 4 is 17.6 Å². The van der Waals surface area contributed by atoms with Gasteiger partial charge in [0.1, 0.15) is 6.54 Å². The van der Waals surface area contributed by atoms with Gasteiger partial charge in [-0.2, -0.15) is 0 Å². The van der Waals surface area contributed by atoms with Gasteiger partial charge in [0.2, 0.25) is 0 Å². The molecule has 110 valence electrons. The number of hydrogen-bond donors (Lipinski definition) is 0. The molecular weight excluding hydrogens is 274 g/mol. The summed E-state index contributed by atoms with van der Waals surface area (Å²) in [7, 11) is 0. The largest absolute Gasteiger partial charge is 0.327 e. The topological polar surface area (TPSA) is 83.8 Å². The lowest BCUT2D eigenvalue weighted by Crippen LogP contribution is -2.33. The third-order valence-electron chi connectivity index (χ3n) is 4.01. The zero-order valence-corrected chi connectivity index (χ0v) is 11.6. The van der Waals surface area contributed by atoms with Gasteiger partial charge in [-0.1, -0.05) is 12.1 Å². The zero-order chi connectivity index (χ0) is 15.1. The van der Waals surface area contributed by atoms with Gasteiger partial charge in [0.15, 0.2) is 0 Å². The molecule has 21 heavy (non-hydrogen) atoms. The average Bonchev–Trinajstić information content (AvgIpc) is 3.23. The van der Waals surface area contributed by atoms with Crippen molar-refractivity contribution in [3.8, 4) is 0 Å². The fourth-order valence-electron chi connectivity index (χ4n) is 2.60. The summed E-state index contributed by atoms with van der Waals surface area (Å²) in [5.41, 5.74) is 1.13. The Hall–Kier alpha value is -2.44. The molecule has 0 N–H and O–H groups in total. The smallest absolute Gasteiger partial charge is 0.312 e. The molecular formula is C14H15N3O4. The second kappa shape index (κ2) is 4.83. The number of amides is 3. The van der Waals surface area contributed by atoms with Gasteiger partial charge in [-0.3, -0.25) is 19.8 Å². The molecule has 0 spiro atoms. The van der Waals surface area contributed by atoms with Gasteiger partial charge < -0.3 is 4.90 Å². The van der Waals surface area contributed by atoms with E-state index in [9.17, 15) is 19.7 Å². The van der Waals surface area contributed by atoms with Crippen molar-refractivity contribution in [1.29, 1.82) is 0 Å². The molecule has 1 aliphatic carbocycles. The average molecular weight is 289 g/mol. The van der Waals surface area contributed by atoms with Crippen LogP contribution in [0.2, 0.25) is 0 Å². The summed E-state index contributed by atoms with van der Waals surface area (Å²) in [6.07, 6.45) is 1.89. The number of hydrogen-bond acceptors (Lipinski definition) is 4. The normalized spacial score (nSPS) is 18.5. The van der Waals surface area contributed by atoms with Crippen LogP contribution in [-0.4, -0.2) is 39.2 Å². The lowest BCUT2D eigenvalue weighted by molar-refractivity contribution is -0.385. The first kappa shape index (κ1) is 13.5. The summed E-state index contributed by atoms with van der Waals surface area (Å²) >= 11 is 0. The maximum absolute atomic E-state index is 12.2. The van der Waals surface area contributed by atoms with Gasteiger partial charge in [0, 0.05) is 17.7 Å². The van der Waals surface area contributed by atoms with E-state index in [0.717, 1.165) is 12.8 Å². The summed E-state index contributed by atoms with van der Waals surface area (Å²) in [4.78, 5) is 37.5. The fourth-order valence-corrected chi connectivity index (χ4v) is 2.60. The molecule has 2 aliphatic rings. The molecule has 0 aromatic heterocycles. The Morgan fingerprint density at radius 2 is 2.05 bits per heavy atom. The molecule has 3 rings (SSSR count). The third-order valence-corrected chi connectivity index (χ3v) is 4.01. The molecule has 0 radical (unpaired) electrons. The predicted octanol–water partition coefficient (Wildman–Crippen LogP) is 1.83. The molecule has 7 nitrogen and oxygen atoms in total. The molecule has 1 saturated carbocycles. The quantitative estimate of drug-likeness (QED) is 0.481. The molecule has 3 amide bonds. The van der Waals surface area contributed by atoms with Crippen LogP contribution in [0.3, 0.4) is 0 Å². The van der Waals surface area contributed by atoms with Crippen molar-refractivity contribution in [2.75, 3.05) is 6.54 Å². The molecule has 2 fully saturated rings.